The Kier molecular flexibility index (Phi) is 2.45. The van der Waals surface area contributed by atoms with Crippen molar-refractivity contribution in [1.82, 2.24) is 9.97 Å². The van der Waals surface area contributed by atoms with E-state index < -0.39 is 17.2 Å². The van der Waals surface area contributed by atoms with Crippen molar-refractivity contribution in [3.8, 4) is 0 Å². The van der Waals surface area contributed by atoms with Crippen LogP contribution in [0.4, 0.5) is 13.2 Å². The molecule has 5 heteroatoms. The standard InChI is InChI=1S/C12H13F3N2/c1-11(2,3)9-7(12(13,14)15)4-5-8-10(9)17-6-16-8/h4-6H,1-3H3,(H,16,17). The van der Waals surface area contributed by atoms with Gasteiger partial charge in [0.15, 0.2) is 0 Å². The molecule has 0 bridgehead atoms. The molecule has 0 spiro atoms. The van der Waals surface area contributed by atoms with Crippen molar-refractivity contribution in [3.63, 3.8) is 0 Å². The number of hydrogen-bond acceptors (Lipinski definition) is 1. The summed E-state index contributed by atoms with van der Waals surface area (Å²) in [7, 11) is 0. The normalized spacial score (nSPS) is 13.3. The van der Waals surface area contributed by atoms with E-state index in [9.17, 15) is 13.2 Å². The first-order chi connectivity index (χ1) is 7.71. The molecular formula is C12H13F3N2. The van der Waals surface area contributed by atoms with Crippen LogP contribution in [0, 0.1) is 0 Å². The van der Waals surface area contributed by atoms with Crippen LogP contribution in [0.1, 0.15) is 31.9 Å². The van der Waals surface area contributed by atoms with E-state index in [1.165, 1.54) is 12.4 Å². The fraction of sp³-hybridized carbons (Fsp3) is 0.417. The van der Waals surface area contributed by atoms with E-state index in [1.54, 1.807) is 20.8 Å². The molecule has 2 rings (SSSR count). The number of halogens is 3. The third kappa shape index (κ3) is 2.01. The van der Waals surface area contributed by atoms with Crippen molar-refractivity contribution in [2.24, 2.45) is 0 Å². The quantitative estimate of drug-likeness (QED) is 0.746. The number of H-pyrrole nitrogens is 1. The van der Waals surface area contributed by atoms with Crippen LogP contribution in [0.5, 0.6) is 0 Å². The van der Waals surface area contributed by atoms with Gasteiger partial charge in [-0.2, -0.15) is 13.2 Å². The predicted octanol–water partition coefficient (Wildman–Crippen LogP) is 3.88. The van der Waals surface area contributed by atoms with Crippen LogP contribution in [-0.4, -0.2) is 9.97 Å². The molecule has 0 atom stereocenters. The molecule has 1 heterocycles. The maximum Gasteiger partial charge on any atom is 0.416 e. The van der Waals surface area contributed by atoms with E-state index in [2.05, 4.69) is 9.97 Å². The van der Waals surface area contributed by atoms with Gasteiger partial charge in [-0.25, -0.2) is 4.98 Å². The molecule has 2 aromatic rings. The van der Waals surface area contributed by atoms with Crippen molar-refractivity contribution in [2.45, 2.75) is 32.4 Å². The highest BCUT2D eigenvalue weighted by molar-refractivity contribution is 5.81. The lowest BCUT2D eigenvalue weighted by molar-refractivity contribution is -0.138. The van der Waals surface area contributed by atoms with E-state index in [-0.39, 0.29) is 5.56 Å². The summed E-state index contributed by atoms with van der Waals surface area (Å²) >= 11 is 0. The lowest BCUT2D eigenvalue weighted by Gasteiger charge is -2.24. The number of benzene rings is 1. The van der Waals surface area contributed by atoms with Crippen molar-refractivity contribution in [3.05, 3.63) is 29.6 Å². The Labute approximate surface area is 96.9 Å². The first kappa shape index (κ1) is 12.0. The molecule has 0 aliphatic rings. The third-order valence-electron chi connectivity index (χ3n) is 2.65. The maximum atomic E-state index is 13.0. The molecule has 0 radical (unpaired) electrons. The largest absolute Gasteiger partial charge is 0.416 e. The molecule has 0 unspecified atom stereocenters. The van der Waals surface area contributed by atoms with Gasteiger partial charge in [0.05, 0.1) is 22.9 Å². The lowest BCUT2D eigenvalue weighted by Crippen LogP contribution is -2.20. The van der Waals surface area contributed by atoms with E-state index in [0.29, 0.717) is 11.0 Å². The highest BCUT2D eigenvalue weighted by atomic mass is 19.4. The highest BCUT2D eigenvalue weighted by Gasteiger charge is 2.37. The van der Waals surface area contributed by atoms with Gasteiger partial charge in [-0.05, 0) is 23.1 Å². The van der Waals surface area contributed by atoms with E-state index in [4.69, 9.17) is 0 Å². The van der Waals surface area contributed by atoms with Crippen LogP contribution >= 0.6 is 0 Å². The Morgan fingerprint density at radius 3 is 2.29 bits per heavy atom. The lowest BCUT2D eigenvalue weighted by atomic mass is 9.82. The number of hydrogen-bond donors (Lipinski definition) is 1. The fourth-order valence-corrected chi connectivity index (χ4v) is 2.00. The van der Waals surface area contributed by atoms with Crippen LogP contribution < -0.4 is 0 Å². The summed E-state index contributed by atoms with van der Waals surface area (Å²) < 4.78 is 38.9. The topological polar surface area (TPSA) is 28.7 Å². The van der Waals surface area contributed by atoms with Crippen LogP contribution in [0.25, 0.3) is 11.0 Å². The van der Waals surface area contributed by atoms with Gasteiger partial charge in [0.1, 0.15) is 0 Å². The van der Waals surface area contributed by atoms with E-state index >= 15 is 0 Å². The number of aromatic amines is 1. The highest BCUT2D eigenvalue weighted by Crippen LogP contribution is 2.40. The fourth-order valence-electron chi connectivity index (χ4n) is 2.00. The molecule has 2 nitrogen and oxygen atoms in total. The van der Waals surface area contributed by atoms with Crippen LogP contribution in [0.3, 0.4) is 0 Å². The average molecular weight is 242 g/mol. The number of nitrogens with one attached hydrogen (secondary N) is 1. The van der Waals surface area contributed by atoms with Crippen molar-refractivity contribution in [2.75, 3.05) is 0 Å². The Morgan fingerprint density at radius 2 is 1.76 bits per heavy atom. The molecule has 0 saturated heterocycles. The predicted molar refractivity (Wildman–Crippen MR) is 59.8 cm³/mol. The second-order valence-electron chi connectivity index (χ2n) is 5.03. The van der Waals surface area contributed by atoms with Gasteiger partial charge in [-0.3, -0.25) is 0 Å². The summed E-state index contributed by atoms with van der Waals surface area (Å²) in [6.07, 6.45) is -2.93. The number of rotatable bonds is 0. The zero-order valence-electron chi connectivity index (χ0n) is 9.81. The molecule has 92 valence electrons. The molecule has 0 amide bonds. The van der Waals surface area contributed by atoms with Gasteiger partial charge in [0, 0.05) is 0 Å². The van der Waals surface area contributed by atoms with Gasteiger partial charge in [-0.1, -0.05) is 20.8 Å². The Balaban J connectivity index is 2.85. The van der Waals surface area contributed by atoms with Crippen LogP contribution in [0.15, 0.2) is 18.5 Å². The van der Waals surface area contributed by atoms with E-state index in [1.807, 2.05) is 0 Å². The molecule has 17 heavy (non-hydrogen) atoms. The molecule has 0 aliphatic carbocycles. The average Bonchev–Trinajstić information content (AvgIpc) is 2.59. The molecule has 0 saturated carbocycles. The van der Waals surface area contributed by atoms with Crippen molar-refractivity contribution < 1.29 is 13.2 Å². The van der Waals surface area contributed by atoms with Gasteiger partial charge in [-0.15, -0.1) is 0 Å². The van der Waals surface area contributed by atoms with E-state index in [0.717, 1.165) is 6.07 Å². The molecule has 1 aromatic heterocycles. The first-order valence-electron chi connectivity index (χ1n) is 5.25. The number of aromatic nitrogens is 2. The molecule has 0 aliphatic heterocycles. The summed E-state index contributed by atoms with van der Waals surface area (Å²) in [6.45, 7) is 5.27. The van der Waals surface area contributed by atoms with Gasteiger partial charge >= 0.3 is 6.18 Å². The smallest absolute Gasteiger partial charge is 0.345 e. The number of alkyl halides is 3. The summed E-state index contributed by atoms with van der Waals surface area (Å²) in [4.78, 5) is 6.84. The minimum atomic E-state index is -4.35. The molecule has 1 aromatic carbocycles. The van der Waals surface area contributed by atoms with Crippen LogP contribution in [0.2, 0.25) is 0 Å². The van der Waals surface area contributed by atoms with Gasteiger partial charge < -0.3 is 4.98 Å². The molecule has 0 fully saturated rings. The van der Waals surface area contributed by atoms with Crippen molar-refractivity contribution in [1.29, 1.82) is 0 Å². The first-order valence-corrected chi connectivity index (χ1v) is 5.25. The number of nitrogens with zero attached hydrogens (tertiary/aromatic N) is 1. The second-order valence-corrected chi connectivity index (χ2v) is 5.03. The Hall–Kier alpha value is -1.52. The number of imidazole rings is 1. The van der Waals surface area contributed by atoms with Gasteiger partial charge in [0.25, 0.3) is 0 Å². The second kappa shape index (κ2) is 3.48. The minimum absolute atomic E-state index is 0.240. The van der Waals surface area contributed by atoms with Crippen LogP contribution in [-0.2, 0) is 11.6 Å². The summed E-state index contributed by atoms with van der Waals surface area (Å²) in [5.41, 5.74) is 0.0446. The Bertz CT molecular complexity index is 547. The minimum Gasteiger partial charge on any atom is -0.345 e. The summed E-state index contributed by atoms with van der Waals surface area (Å²) in [5, 5.41) is 0. The maximum absolute atomic E-state index is 13.0. The Morgan fingerprint density at radius 1 is 1.12 bits per heavy atom. The molecular weight excluding hydrogens is 229 g/mol. The third-order valence-corrected chi connectivity index (χ3v) is 2.65. The molecule has 1 N–H and O–H groups in total. The number of fused-ring (bicyclic) bond motifs is 1. The summed E-state index contributed by atoms with van der Waals surface area (Å²) in [5.74, 6) is 0. The van der Waals surface area contributed by atoms with Crippen molar-refractivity contribution >= 4 is 11.0 Å². The monoisotopic (exact) mass is 242 g/mol. The summed E-state index contributed by atoms with van der Waals surface area (Å²) in [6, 6.07) is 2.53. The zero-order chi connectivity index (χ0) is 12.8. The zero-order valence-corrected chi connectivity index (χ0v) is 9.81. The van der Waals surface area contributed by atoms with Gasteiger partial charge in [0.2, 0.25) is 0 Å². The SMILES string of the molecule is CC(C)(C)c1c(C(F)(F)F)ccc2[nH]cnc12.